The molecule has 1 saturated carbocycles. The molecular formula is C15H21BrO2. The number of aliphatic hydroxyl groups is 1. The van der Waals surface area contributed by atoms with Crippen LogP contribution in [0.15, 0.2) is 28.7 Å². The van der Waals surface area contributed by atoms with Gasteiger partial charge in [-0.3, -0.25) is 0 Å². The van der Waals surface area contributed by atoms with Crippen molar-refractivity contribution in [1.29, 1.82) is 0 Å². The van der Waals surface area contributed by atoms with E-state index in [-0.39, 0.29) is 0 Å². The second-order valence-electron chi connectivity index (χ2n) is 5.08. The highest BCUT2D eigenvalue weighted by Crippen LogP contribution is 2.32. The molecule has 0 saturated heterocycles. The van der Waals surface area contributed by atoms with Crippen molar-refractivity contribution in [2.45, 2.75) is 32.1 Å². The summed E-state index contributed by atoms with van der Waals surface area (Å²) in [5, 5.41) is 9.46. The van der Waals surface area contributed by atoms with Crippen LogP contribution in [0.1, 0.15) is 32.1 Å². The molecule has 0 bridgehead atoms. The van der Waals surface area contributed by atoms with Crippen LogP contribution < -0.4 is 4.74 Å². The number of ether oxygens (including phenoxy) is 1. The average Bonchev–Trinajstić information content (AvgIpc) is 2.91. The van der Waals surface area contributed by atoms with Crippen molar-refractivity contribution in [3.05, 3.63) is 28.7 Å². The fourth-order valence-electron chi connectivity index (χ4n) is 2.76. The molecule has 2 rings (SSSR count). The van der Waals surface area contributed by atoms with E-state index in [1.165, 1.54) is 25.7 Å². The average molecular weight is 313 g/mol. The van der Waals surface area contributed by atoms with Crippen LogP contribution in [-0.4, -0.2) is 18.3 Å². The Morgan fingerprint density at radius 2 is 1.89 bits per heavy atom. The molecule has 1 aromatic rings. The predicted octanol–water partition coefficient (Wildman–Crippen LogP) is 4.02. The van der Waals surface area contributed by atoms with Gasteiger partial charge in [-0.15, -0.1) is 0 Å². The van der Waals surface area contributed by atoms with Gasteiger partial charge in [-0.25, -0.2) is 0 Å². The van der Waals surface area contributed by atoms with Gasteiger partial charge in [-0.05, 0) is 42.5 Å². The van der Waals surface area contributed by atoms with Crippen molar-refractivity contribution in [2.24, 2.45) is 11.8 Å². The summed E-state index contributed by atoms with van der Waals surface area (Å²) in [6, 6.07) is 7.90. The van der Waals surface area contributed by atoms with E-state index in [2.05, 4.69) is 15.9 Å². The molecule has 0 radical (unpaired) electrons. The molecule has 3 heteroatoms. The fraction of sp³-hybridized carbons (Fsp3) is 0.600. The maximum atomic E-state index is 9.46. The summed E-state index contributed by atoms with van der Waals surface area (Å²) in [4.78, 5) is 0. The molecular weight excluding hydrogens is 292 g/mol. The summed E-state index contributed by atoms with van der Waals surface area (Å²) in [6.07, 6.45) is 6.17. The molecule has 1 atom stereocenters. The number of rotatable bonds is 6. The minimum atomic E-state index is 0.300. The Balaban J connectivity index is 1.74. The van der Waals surface area contributed by atoms with Gasteiger partial charge in [0.15, 0.2) is 0 Å². The number of hydrogen-bond acceptors (Lipinski definition) is 2. The topological polar surface area (TPSA) is 29.5 Å². The molecule has 0 aliphatic heterocycles. The minimum Gasteiger partial charge on any atom is -0.494 e. The van der Waals surface area contributed by atoms with Crippen molar-refractivity contribution < 1.29 is 9.84 Å². The van der Waals surface area contributed by atoms with Crippen LogP contribution in [0, 0.1) is 11.8 Å². The van der Waals surface area contributed by atoms with E-state index in [0.29, 0.717) is 25.0 Å². The maximum Gasteiger partial charge on any atom is 0.119 e. The highest BCUT2D eigenvalue weighted by atomic mass is 79.9. The van der Waals surface area contributed by atoms with Gasteiger partial charge in [0.05, 0.1) is 6.61 Å². The van der Waals surface area contributed by atoms with Gasteiger partial charge in [0.25, 0.3) is 0 Å². The Labute approximate surface area is 117 Å². The van der Waals surface area contributed by atoms with E-state index in [0.717, 1.165) is 16.6 Å². The smallest absolute Gasteiger partial charge is 0.119 e. The van der Waals surface area contributed by atoms with Crippen LogP contribution in [0.3, 0.4) is 0 Å². The molecule has 1 aromatic carbocycles. The van der Waals surface area contributed by atoms with Crippen molar-refractivity contribution in [3.8, 4) is 5.75 Å². The van der Waals surface area contributed by atoms with Gasteiger partial charge in [0.1, 0.15) is 5.75 Å². The first-order valence-electron chi connectivity index (χ1n) is 6.79. The largest absolute Gasteiger partial charge is 0.494 e. The number of halogens is 1. The van der Waals surface area contributed by atoms with Crippen molar-refractivity contribution in [2.75, 3.05) is 13.2 Å². The third kappa shape index (κ3) is 3.99. The normalized spacial score (nSPS) is 17.9. The summed E-state index contributed by atoms with van der Waals surface area (Å²) < 4.78 is 6.78. The van der Waals surface area contributed by atoms with E-state index in [4.69, 9.17) is 4.74 Å². The number of hydrogen-bond donors (Lipinski definition) is 1. The van der Waals surface area contributed by atoms with Crippen LogP contribution >= 0.6 is 15.9 Å². The Morgan fingerprint density at radius 3 is 2.50 bits per heavy atom. The van der Waals surface area contributed by atoms with E-state index in [1.807, 2.05) is 24.3 Å². The second kappa shape index (κ2) is 7.15. The Bertz CT molecular complexity index is 344. The molecule has 2 nitrogen and oxygen atoms in total. The molecule has 100 valence electrons. The molecule has 0 spiro atoms. The first-order chi connectivity index (χ1) is 8.79. The highest BCUT2D eigenvalue weighted by molar-refractivity contribution is 9.10. The van der Waals surface area contributed by atoms with Crippen LogP contribution in [-0.2, 0) is 0 Å². The predicted molar refractivity (Wildman–Crippen MR) is 76.8 cm³/mol. The van der Waals surface area contributed by atoms with E-state index in [9.17, 15) is 5.11 Å². The van der Waals surface area contributed by atoms with Crippen LogP contribution in [0.25, 0.3) is 0 Å². The van der Waals surface area contributed by atoms with Crippen molar-refractivity contribution >= 4 is 15.9 Å². The summed E-state index contributed by atoms with van der Waals surface area (Å²) >= 11 is 3.40. The molecule has 18 heavy (non-hydrogen) atoms. The van der Waals surface area contributed by atoms with Gasteiger partial charge in [0, 0.05) is 11.1 Å². The maximum absolute atomic E-state index is 9.46. The second-order valence-corrected chi connectivity index (χ2v) is 5.99. The summed E-state index contributed by atoms with van der Waals surface area (Å²) in [7, 11) is 0. The first-order valence-corrected chi connectivity index (χ1v) is 7.58. The van der Waals surface area contributed by atoms with E-state index >= 15 is 0 Å². The molecule has 1 N–H and O–H groups in total. The quantitative estimate of drug-likeness (QED) is 0.859. The summed E-state index contributed by atoms with van der Waals surface area (Å²) in [6.45, 7) is 0.998. The number of aliphatic hydroxyl groups excluding tert-OH is 1. The lowest BCUT2D eigenvalue weighted by molar-refractivity contribution is 0.146. The minimum absolute atomic E-state index is 0.300. The van der Waals surface area contributed by atoms with Crippen LogP contribution in [0.5, 0.6) is 5.75 Å². The fourth-order valence-corrected chi connectivity index (χ4v) is 3.03. The molecule has 1 fully saturated rings. The lowest BCUT2D eigenvalue weighted by atomic mass is 9.89. The van der Waals surface area contributed by atoms with Gasteiger partial charge in [0.2, 0.25) is 0 Å². The van der Waals surface area contributed by atoms with Crippen LogP contribution in [0.2, 0.25) is 0 Å². The Morgan fingerprint density at radius 1 is 1.22 bits per heavy atom. The number of benzene rings is 1. The molecule has 0 aromatic heterocycles. The lowest BCUT2D eigenvalue weighted by Gasteiger charge is -2.21. The van der Waals surface area contributed by atoms with Gasteiger partial charge in [-0.1, -0.05) is 41.6 Å². The first kappa shape index (κ1) is 13.9. The monoisotopic (exact) mass is 312 g/mol. The van der Waals surface area contributed by atoms with Crippen LogP contribution in [0.4, 0.5) is 0 Å². The Hall–Kier alpha value is -0.540. The third-order valence-corrected chi connectivity index (χ3v) is 4.40. The van der Waals surface area contributed by atoms with Crippen molar-refractivity contribution in [3.63, 3.8) is 0 Å². The highest BCUT2D eigenvalue weighted by Gasteiger charge is 2.24. The van der Waals surface area contributed by atoms with Gasteiger partial charge in [-0.2, -0.15) is 0 Å². The molecule has 1 aliphatic carbocycles. The zero-order valence-electron chi connectivity index (χ0n) is 10.6. The molecule has 1 aliphatic rings. The molecule has 1 unspecified atom stereocenters. The van der Waals surface area contributed by atoms with Crippen molar-refractivity contribution in [1.82, 2.24) is 0 Å². The zero-order chi connectivity index (χ0) is 12.8. The molecule has 0 heterocycles. The van der Waals surface area contributed by atoms with Gasteiger partial charge < -0.3 is 9.84 Å². The SMILES string of the molecule is OCC(CCOc1ccc(Br)cc1)C1CCCC1. The summed E-state index contributed by atoms with van der Waals surface area (Å²) in [5.41, 5.74) is 0. The Kier molecular flexibility index (Phi) is 5.51. The third-order valence-electron chi connectivity index (χ3n) is 3.87. The lowest BCUT2D eigenvalue weighted by Crippen LogP contribution is -2.19. The van der Waals surface area contributed by atoms with E-state index in [1.54, 1.807) is 0 Å². The zero-order valence-corrected chi connectivity index (χ0v) is 12.2. The van der Waals surface area contributed by atoms with Gasteiger partial charge >= 0.3 is 0 Å². The standard InChI is InChI=1S/C15H21BrO2/c16-14-5-7-15(8-6-14)18-10-9-13(11-17)12-3-1-2-4-12/h5-8,12-13,17H,1-4,9-11H2. The summed E-state index contributed by atoms with van der Waals surface area (Å²) in [5.74, 6) is 2.03. The molecule has 0 amide bonds. The van der Waals surface area contributed by atoms with E-state index < -0.39 is 0 Å².